The van der Waals surface area contributed by atoms with E-state index in [9.17, 15) is 4.79 Å². The van der Waals surface area contributed by atoms with Crippen molar-refractivity contribution in [2.75, 3.05) is 5.32 Å². The number of carbonyl (C=O) groups excluding carboxylic acids is 1. The number of carbonyl (C=O) groups is 1. The van der Waals surface area contributed by atoms with E-state index in [-0.39, 0.29) is 17.9 Å². The predicted octanol–water partition coefficient (Wildman–Crippen LogP) is 5.68. The highest BCUT2D eigenvalue weighted by Crippen LogP contribution is 2.32. The second kappa shape index (κ2) is 11.4. The van der Waals surface area contributed by atoms with Crippen molar-refractivity contribution in [3.8, 4) is 0 Å². The molecule has 0 aliphatic heterocycles. The Balaban J connectivity index is 1.75. The van der Waals surface area contributed by atoms with Gasteiger partial charge in [-0.1, -0.05) is 58.1 Å². The molecule has 3 heteroatoms. The van der Waals surface area contributed by atoms with Crippen molar-refractivity contribution >= 4 is 11.6 Å². The highest BCUT2D eigenvalue weighted by Gasteiger charge is 2.25. The Morgan fingerprint density at radius 2 is 1.73 bits per heavy atom. The van der Waals surface area contributed by atoms with Gasteiger partial charge in [-0.25, -0.2) is 0 Å². The third kappa shape index (κ3) is 7.11. The number of hydrogen-bond donors (Lipinski definition) is 2. The van der Waals surface area contributed by atoms with E-state index in [4.69, 9.17) is 5.73 Å². The number of hydrogen-bond acceptors (Lipinski definition) is 2. The molecule has 26 heavy (non-hydrogen) atoms. The normalized spacial score (nSPS) is 21.3. The first-order valence-electron chi connectivity index (χ1n) is 10.8. The van der Waals surface area contributed by atoms with Gasteiger partial charge >= 0.3 is 0 Å². The minimum Gasteiger partial charge on any atom is -0.327 e. The number of anilines is 1. The van der Waals surface area contributed by atoms with Gasteiger partial charge in [0.05, 0.1) is 0 Å². The van der Waals surface area contributed by atoms with Gasteiger partial charge in [0.25, 0.3) is 0 Å². The van der Waals surface area contributed by atoms with Gasteiger partial charge in [-0.3, -0.25) is 4.79 Å². The molecule has 2 rings (SSSR count). The largest absolute Gasteiger partial charge is 0.327 e. The second-order valence-electron chi connectivity index (χ2n) is 8.15. The Labute approximate surface area is 160 Å². The molecule has 0 radical (unpaired) electrons. The fraction of sp³-hybridized carbons (Fsp3) is 0.696. The Hall–Kier alpha value is -1.35. The smallest absolute Gasteiger partial charge is 0.227 e. The first-order chi connectivity index (χ1) is 12.6. The standard InChI is InChI=1S/C23H38N2O/c1-3-5-7-18-9-13-20(14-10-18)23(26)25-22-15-11-19(12-16-22)17-21(24)8-6-4-2/h11-12,15-16,18,20-21H,3-10,13-14,17,24H2,1-2H3,(H,25,26). The summed E-state index contributed by atoms with van der Waals surface area (Å²) in [6.45, 7) is 4.45. The molecule has 146 valence electrons. The van der Waals surface area contributed by atoms with E-state index in [0.29, 0.717) is 0 Å². The topological polar surface area (TPSA) is 55.1 Å². The summed E-state index contributed by atoms with van der Waals surface area (Å²) in [5.41, 5.74) is 8.34. The Bertz CT molecular complexity index is 518. The van der Waals surface area contributed by atoms with E-state index in [1.165, 1.54) is 50.5 Å². The number of nitrogens with one attached hydrogen (secondary N) is 1. The molecule has 1 unspecified atom stereocenters. The molecule has 1 amide bonds. The van der Waals surface area contributed by atoms with Crippen molar-refractivity contribution in [3.63, 3.8) is 0 Å². The predicted molar refractivity (Wildman–Crippen MR) is 111 cm³/mol. The zero-order valence-electron chi connectivity index (χ0n) is 16.8. The van der Waals surface area contributed by atoms with Crippen LogP contribution >= 0.6 is 0 Å². The average molecular weight is 359 g/mol. The van der Waals surface area contributed by atoms with Crippen molar-refractivity contribution in [1.82, 2.24) is 0 Å². The molecular formula is C23H38N2O. The van der Waals surface area contributed by atoms with E-state index >= 15 is 0 Å². The van der Waals surface area contributed by atoms with Crippen LogP contribution in [-0.4, -0.2) is 11.9 Å². The molecule has 0 saturated heterocycles. The Morgan fingerprint density at radius 3 is 2.35 bits per heavy atom. The van der Waals surface area contributed by atoms with Gasteiger partial charge < -0.3 is 11.1 Å². The molecule has 3 nitrogen and oxygen atoms in total. The number of rotatable bonds is 10. The minimum atomic E-state index is 0.190. The van der Waals surface area contributed by atoms with Crippen LogP contribution in [0.15, 0.2) is 24.3 Å². The first-order valence-corrected chi connectivity index (χ1v) is 10.8. The summed E-state index contributed by atoms with van der Waals surface area (Å²) in [5, 5.41) is 3.11. The summed E-state index contributed by atoms with van der Waals surface area (Å²) in [5.74, 6) is 1.23. The lowest BCUT2D eigenvalue weighted by Gasteiger charge is -2.27. The molecule has 1 aliphatic rings. The Kier molecular flexibility index (Phi) is 9.17. The van der Waals surface area contributed by atoms with E-state index in [2.05, 4.69) is 31.3 Å². The van der Waals surface area contributed by atoms with E-state index in [0.717, 1.165) is 37.3 Å². The summed E-state index contributed by atoms with van der Waals surface area (Å²) >= 11 is 0. The molecule has 0 aromatic heterocycles. The minimum absolute atomic E-state index is 0.190. The van der Waals surface area contributed by atoms with Gasteiger partial charge in [-0.2, -0.15) is 0 Å². The summed E-state index contributed by atoms with van der Waals surface area (Å²) in [7, 11) is 0. The van der Waals surface area contributed by atoms with Gasteiger partial charge in [-0.15, -0.1) is 0 Å². The van der Waals surface area contributed by atoms with Gasteiger partial charge in [-0.05, 0) is 62.1 Å². The molecule has 1 aliphatic carbocycles. The fourth-order valence-corrected chi connectivity index (χ4v) is 4.05. The lowest BCUT2D eigenvalue weighted by molar-refractivity contribution is -0.121. The maximum Gasteiger partial charge on any atom is 0.227 e. The first kappa shape index (κ1) is 21.0. The van der Waals surface area contributed by atoms with Crippen molar-refractivity contribution in [2.45, 2.75) is 90.5 Å². The van der Waals surface area contributed by atoms with Crippen molar-refractivity contribution in [3.05, 3.63) is 29.8 Å². The molecule has 1 aromatic carbocycles. The molecular weight excluding hydrogens is 320 g/mol. The second-order valence-corrected chi connectivity index (χ2v) is 8.15. The SMILES string of the molecule is CCCCC(N)Cc1ccc(NC(=O)C2CCC(CCCC)CC2)cc1. The van der Waals surface area contributed by atoms with Crippen LogP contribution in [0.1, 0.15) is 83.6 Å². The Morgan fingerprint density at radius 1 is 1.08 bits per heavy atom. The van der Waals surface area contributed by atoms with E-state index in [1.807, 2.05) is 12.1 Å². The summed E-state index contributed by atoms with van der Waals surface area (Å²) < 4.78 is 0. The molecule has 1 aromatic rings. The van der Waals surface area contributed by atoms with Crippen LogP contribution in [-0.2, 0) is 11.2 Å². The van der Waals surface area contributed by atoms with Crippen LogP contribution in [0, 0.1) is 11.8 Å². The third-order valence-corrected chi connectivity index (χ3v) is 5.83. The van der Waals surface area contributed by atoms with Crippen LogP contribution < -0.4 is 11.1 Å². The quantitative estimate of drug-likeness (QED) is 0.565. The maximum absolute atomic E-state index is 12.5. The average Bonchev–Trinajstić information content (AvgIpc) is 2.66. The number of amides is 1. The number of nitrogens with two attached hydrogens (primary N) is 1. The highest BCUT2D eigenvalue weighted by atomic mass is 16.1. The molecule has 1 atom stereocenters. The highest BCUT2D eigenvalue weighted by molar-refractivity contribution is 5.92. The zero-order chi connectivity index (χ0) is 18.8. The molecule has 1 fully saturated rings. The van der Waals surface area contributed by atoms with Gasteiger partial charge in [0.2, 0.25) is 5.91 Å². The third-order valence-electron chi connectivity index (χ3n) is 5.83. The van der Waals surface area contributed by atoms with Crippen molar-refractivity contribution in [1.29, 1.82) is 0 Å². The van der Waals surface area contributed by atoms with Crippen molar-refractivity contribution in [2.24, 2.45) is 17.6 Å². The van der Waals surface area contributed by atoms with Gasteiger partial charge in [0, 0.05) is 17.6 Å². The maximum atomic E-state index is 12.5. The van der Waals surface area contributed by atoms with E-state index in [1.54, 1.807) is 0 Å². The van der Waals surface area contributed by atoms with Crippen LogP contribution in [0.3, 0.4) is 0 Å². The zero-order valence-corrected chi connectivity index (χ0v) is 16.8. The number of benzene rings is 1. The summed E-state index contributed by atoms with van der Waals surface area (Å²) in [6, 6.07) is 8.48. The van der Waals surface area contributed by atoms with Crippen molar-refractivity contribution < 1.29 is 4.79 Å². The van der Waals surface area contributed by atoms with Crippen LogP contribution in [0.5, 0.6) is 0 Å². The van der Waals surface area contributed by atoms with Gasteiger partial charge in [0.15, 0.2) is 0 Å². The van der Waals surface area contributed by atoms with Crippen LogP contribution in [0.2, 0.25) is 0 Å². The lowest BCUT2D eigenvalue weighted by atomic mass is 9.79. The van der Waals surface area contributed by atoms with E-state index < -0.39 is 0 Å². The van der Waals surface area contributed by atoms with Crippen LogP contribution in [0.4, 0.5) is 5.69 Å². The molecule has 1 saturated carbocycles. The molecule has 0 bridgehead atoms. The lowest BCUT2D eigenvalue weighted by Crippen LogP contribution is -2.27. The van der Waals surface area contributed by atoms with Gasteiger partial charge in [0.1, 0.15) is 0 Å². The van der Waals surface area contributed by atoms with Crippen LogP contribution in [0.25, 0.3) is 0 Å². The molecule has 0 heterocycles. The summed E-state index contributed by atoms with van der Waals surface area (Å²) in [4.78, 5) is 12.5. The molecule has 3 N–H and O–H groups in total. The number of unbranched alkanes of at least 4 members (excludes halogenated alkanes) is 2. The summed E-state index contributed by atoms with van der Waals surface area (Å²) in [6.07, 6.45) is 12.8. The monoisotopic (exact) mass is 358 g/mol. The molecule has 0 spiro atoms. The fourth-order valence-electron chi connectivity index (χ4n) is 4.05.